The van der Waals surface area contributed by atoms with Crippen molar-refractivity contribution in [3.05, 3.63) is 11.8 Å². The highest BCUT2D eigenvalue weighted by Crippen LogP contribution is 2.14. The molecule has 0 aliphatic carbocycles. The molecule has 1 aromatic heterocycles. The van der Waals surface area contributed by atoms with Gasteiger partial charge in [-0.2, -0.15) is 5.10 Å². The van der Waals surface area contributed by atoms with Crippen LogP contribution in [-0.2, 0) is 11.3 Å². The maximum Gasteiger partial charge on any atom is 0.413 e. The molecule has 126 valence electrons. The molecular formula is C16H30N4O2. The van der Waals surface area contributed by atoms with Crippen LogP contribution in [0.15, 0.2) is 6.20 Å². The molecule has 6 heteroatoms. The van der Waals surface area contributed by atoms with Crippen molar-refractivity contribution >= 4 is 11.9 Å². The molecular weight excluding hydrogens is 280 g/mol. The number of carbonyl (C=O) groups is 1. The summed E-state index contributed by atoms with van der Waals surface area (Å²) in [6, 6.07) is 0.441. The summed E-state index contributed by atoms with van der Waals surface area (Å²) in [5, 5.41) is 12.9. The fourth-order valence-corrected chi connectivity index (χ4v) is 2.05. The Morgan fingerprint density at radius 1 is 1.41 bits per heavy atom. The number of unbranched alkanes of at least 4 members (excludes halogenated alkanes) is 2. The van der Waals surface area contributed by atoms with Crippen LogP contribution in [0, 0.1) is 0 Å². The number of aromatic amines is 1. The van der Waals surface area contributed by atoms with E-state index in [4.69, 9.17) is 4.74 Å². The standard InChI is InChI=1S/C16H30N4O2/c1-6-7-8-9-12(2)17-10-13-11-18-20-14(13)19-15(21)22-16(3,4)5/h11-12,17H,6-10H2,1-5H3,(H2,18,19,20,21). The first-order valence-corrected chi connectivity index (χ1v) is 8.07. The van der Waals surface area contributed by atoms with Crippen molar-refractivity contribution in [1.82, 2.24) is 15.5 Å². The van der Waals surface area contributed by atoms with E-state index in [1.165, 1.54) is 19.3 Å². The highest BCUT2D eigenvalue weighted by molar-refractivity contribution is 5.84. The molecule has 0 saturated carbocycles. The van der Waals surface area contributed by atoms with Gasteiger partial charge in [0.05, 0.1) is 6.20 Å². The van der Waals surface area contributed by atoms with Crippen LogP contribution in [0.3, 0.4) is 0 Å². The lowest BCUT2D eigenvalue weighted by atomic mass is 10.1. The minimum atomic E-state index is -0.518. The molecule has 1 unspecified atom stereocenters. The van der Waals surface area contributed by atoms with Gasteiger partial charge in [-0.05, 0) is 34.1 Å². The van der Waals surface area contributed by atoms with Gasteiger partial charge < -0.3 is 10.1 Å². The van der Waals surface area contributed by atoms with Crippen LogP contribution in [-0.4, -0.2) is 27.9 Å². The second-order valence-corrected chi connectivity index (χ2v) is 6.67. The van der Waals surface area contributed by atoms with Gasteiger partial charge in [-0.1, -0.05) is 26.2 Å². The average molecular weight is 310 g/mol. The van der Waals surface area contributed by atoms with Crippen molar-refractivity contribution in [3.63, 3.8) is 0 Å². The molecule has 0 aromatic carbocycles. The minimum Gasteiger partial charge on any atom is -0.444 e. The van der Waals surface area contributed by atoms with Gasteiger partial charge in [0.25, 0.3) is 0 Å². The van der Waals surface area contributed by atoms with Gasteiger partial charge in [0.1, 0.15) is 11.4 Å². The summed E-state index contributed by atoms with van der Waals surface area (Å²) in [5.41, 5.74) is 0.407. The zero-order valence-electron chi connectivity index (χ0n) is 14.5. The summed E-state index contributed by atoms with van der Waals surface area (Å²) in [4.78, 5) is 11.8. The first-order valence-electron chi connectivity index (χ1n) is 8.07. The number of nitrogens with one attached hydrogen (secondary N) is 3. The van der Waals surface area contributed by atoms with E-state index in [0.29, 0.717) is 18.4 Å². The summed E-state index contributed by atoms with van der Waals surface area (Å²) < 4.78 is 5.24. The van der Waals surface area contributed by atoms with Crippen LogP contribution in [0.1, 0.15) is 65.9 Å². The van der Waals surface area contributed by atoms with Crippen LogP contribution in [0.25, 0.3) is 0 Å². The number of ether oxygens (including phenoxy) is 1. The Hall–Kier alpha value is -1.56. The summed E-state index contributed by atoms with van der Waals surface area (Å²) in [6.07, 6.45) is 6.13. The van der Waals surface area contributed by atoms with Crippen LogP contribution in [0.4, 0.5) is 10.6 Å². The van der Waals surface area contributed by atoms with Crippen molar-refractivity contribution in [2.75, 3.05) is 5.32 Å². The lowest BCUT2D eigenvalue weighted by Gasteiger charge is -2.19. The molecule has 1 rings (SSSR count). The summed E-state index contributed by atoms with van der Waals surface area (Å²) in [5.74, 6) is 0.586. The Balaban J connectivity index is 2.43. The monoisotopic (exact) mass is 310 g/mol. The van der Waals surface area contributed by atoms with E-state index >= 15 is 0 Å². The van der Waals surface area contributed by atoms with Crippen LogP contribution in [0.2, 0.25) is 0 Å². The van der Waals surface area contributed by atoms with Crippen molar-refractivity contribution in [1.29, 1.82) is 0 Å². The molecule has 1 aromatic rings. The number of H-pyrrole nitrogens is 1. The molecule has 1 heterocycles. The van der Waals surface area contributed by atoms with Gasteiger partial charge in [0.15, 0.2) is 0 Å². The number of aromatic nitrogens is 2. The Kier molecular flexibility index (Phi) is 7.38. The van der Waals surface area contributed by atoms with Crippen molar-refractivity contribution < 1.29 is 9.53 Å². The average Bonchev–Trinajstić information content (AvgIpc) is 2.81. The molecule has 3 N–H and O–H groups in total. The highest BCUT2D eigenvalue weighted by atomic mass is 16.6. The Labute approximate surface area is 133 Å². The lowest BCUT2D eigenvalue weighted by Crippen LogP contribution is -2.28. The number of hydrogen-bond acceptors (Lipinski definition) is 4. The largest absolute Gasteiger partial charge is 0.444 e. The van der Waals surface area contributed by atoms with E-state index in [1.807, 2.05) is 20.8 Å². The van der Waals surface area contributed by atoms with Crippen molar-refractivity contribution in [2.24, 2.45) is 0 Å². The minimum absolute atomic E-state index is 0.441. The van der Waals surface area contributed by atoms with E-state index < -0.39 is 11.7 Å². The van der Waals surface area contributed by atoms with Gasteiger partial charge in [0.2, 0.25) is 0 Å². The molecule has 0 fully saturated rings. The normalized spacial score (nSPS) is 13.0. The van der Waals surface area contributed by atoms with E-state index in [0.717, 1.165) is 12.0 Å². The van der Waals surface area contributed by atoms with E-state index in [9.17, 15) is 4.79 Å². The highest BCUT2D eigenvalue weighted by Gasteiger charge is 2.18. The Morgan fingerprint density at radius 2 is 2.14 bits per heavy atom. The molecule has 0 aliphatic rings. The third-order valence-corrected chi connectivity index (χ3v) is 3.23. The topological polar surface area (TPSA) is 79.0 Å². The molecule has 0 saturated heterocycles. The number of carbonyl (C=O) groups excluding carboxylic acids is 1. The van der Waals surface area contributed by atoms with Crippen LogP contribution in [0.5, 0.6) is 0 Å². The summed E-state index contributed by atoms with van der Waals surface area (Å²) in [6.45, 7) is 10.5. The molecule has 0 radical (unpaired) electrons. The SMILES string of the molecule is CCCCCC(C)NCc1cn[nH]c1NC(=O)OC(C)(C)C. The third kappa shape index (κ3) is 7.45. The smallest absolute Gasteiger partial charge is 0.413 e. The fourth-order valence-electron chi connectivity index (χ4n) is 2.05. The van der Waals surface area contributed by atoms with E-state index in [1.54, 1.807) is 6.20 Å². The molecule has 22 heavy (non-hydrogen) atoms. The second kappa shape index (κ2) is 8.78. The zero-order valence-corrected chi connectivity index (χ0v) is 14.5. The van der Waals surface area contributed by atoms with Crippen molar-refractivity contribution in [2.45, 2.75) is 78.5 Å². The first-order chi connectivity index (χ1) is 10.3. The molecule has 0 bridgehead atoms. The third-order valence-electron chi connectivity index (χ3n) is 3.23. The summed E-state index contributed by atoms with van der Waals surface area (Å²) >= 11 is 0. The quantitative estimate of drug-likeness (QED) is 0.638. The molecule has 6 nitrogen and oxygen atoms in total. The number of hydrogen-bond donors (Lipinski definition) is 3. The van der Waals surface area contributed by atoms with Gasteiger partial charge >= 0.3 is 6.09 Å². The maximum absolute atomic E-state index is 11.8. The lowest BCUT2D eigenvalue weighted by molar-refractivity contribution is 0.0635. The van der Waals surface area contributed by atoms with Crippen LogP contribution >= 0.6 is 0 Å². The van der Waals surface area contributed by atoms with E-state index in [-0.39, 0.29) is 0 Å². The number of anilines is 1. The van der Waals surface area contributed by atoms with Gasteiger partial charge in [-0.25, -0.2) is 4.79 Å². The zero-order chi connectivity index (χ0) is 16.6. The van der Waals surface area contributed by atoms with E-state index in [2.05, 4.69) is 34.7 Å². The maximum atomic E-state index is 11.8. The molecule has 0 aliphatic heterocycles. The number of rotatable bonds is 8. The summed E-state index contributed by atoms with van der Waals surface area (Å²) in [7, 11) is 0. The Morgan fingerprint density at radius 3 is 2.77 bits per heavy atom. The second-order valence-electron chi connectivity index (χ2n) is 6.67. The molecule has 1 amide bonds. The number of nitrogens with zero attached hydrogens (tertiary/aromatic N) is 1. The predicted molar refractivity (Wildman–Crippen MR) is 88.9 cm³/mol. The predicted octanol–water partition coefficient (Wildman–Crippen LogP) is 3.82. The molecule has 0 spiro atoms. The fraction of sp³-hybridized carbons (Fsp3) is 0.750. The Bertz CT molecular complexity index is 451. The van der Waals surface area contributed by atoms with Gasteiger partial charge in [-0.3, -0.25) is 10.4 Å². The van der Waals surface area contributed by atoms with Crippen molar-refractivity contribution in [3.8, 4) is 0 Å². The van der Waals surface area contributed by atoms with Gasteiger partial charge in [0, 0.05) is 18.2 Å². The first kappa shape index (κ1) is 18.5. The van der Waals surface area contributed by atoms with Gasteiger partial charge in [-0.15, -0.1) is 0 Å². The number of amides is 1. The van der Waals surface area contributed by atoms with Crippen LogP contribution < -0.4 is 10.6 Å². The molecule has 1 atom stereocenters.